The van der Waals surface area contributed by atoms with Gasteiger partial charge in [0.05, 0.1) is 18.1 Å². The van der Waals surface area contributed by atoms with Crippen molar-refractivity contribution in [3.05, 3.63) is 18.1 Å². The van der Waals surface area contributed by atoms with Crippen LogP contribution in [-0.2, 0) is 0 Å². The molecule has 2 bridgehead atoms. The molecule has 3 heterocycles. The van der Waals surface area contributed by atoms with E-state index in [2.05, 4.69) is 20.6 Å². The number of nitrogens with one attached hydrogen (secondary N) is 2. The maximum absolute atomic E-state index is 4.32. The number of aryl methyl sites for hydroxylation is 1. The molecule has 0 aliphatic carbocycles. The molecule has 2 N–H and O–H groups in total. The lowest BCUT2D eigenvalue weighted by atomic mass is 9.95. The van der Waals surface area contributed by atoms with Crippen LogP contribution in [0.3, 0.4) is 0 Å². The smallest absolute Gasteiger partial charge is 0.144 e. The normalized spacial score (nSPS) is 33.3. The summed E-state index contributed by atoms with van der Waals surface area (Å²) >= 11 is 0. The second kappa shape index (κ2) is 3.45. The Morgan fingerprint density at radius 3 is 2.87 bits per heavy atom. The highest BCUT2D eigenvalue weighted by Gasteiger charge is 2.38. The molecule has 2 aliphatic heterocycles. The van der Waals surface area contributed by atoms with Crippen LogP contribution in [0, 0.1) is 6.92 Å². The zero-order valence-corrected chi connectivity index (χ0v) is 8.90. The largest absolute Gasteiger partial charge is 0.364 e. The Balaban J connectivity index is 1.68. The highest BCUT2D eigenvalue weighted by molar-refractivity contribution is 5.34. The first kappa shape index (κ1) is 9.09. The van der Waals surface area contributed by atoms with Gasteiger partial charge in [-0.25, -0.2) is 4.98 Å². The van der Waals surface area contributed by atoms with E-state index in [9.17, 15) is 0 Å². The van der Waals surface area contributed by atoms with Crippen molar-refractivity contribution in [2.75, 3.05) is 5.32 Å². The van der Waals surface area contributed by atoms with Gasteiger partial charge in [0.2, 0.25) is 0 Å². The van der Waals surface area contributed by atoms with E-state index in [-0.39, 0.29) is 0 Å². The lowest BCUT2D eigenvalue weighted by molar-refractivity contribution is 0.526. The van der Waals surface area contributed by atoms with Gasteiger partial charge in [0.15, 0.2) is 0 Å². The van der Waals surface area contributed by atoms with Crippen molar-refractivity contribution < 1.29 is 0 Å². The summed E-state index contributed by atoms with van der Waals surface area (Å²) in [5.41, 5.74) is 0.964. The molecule has 0 spiro atoms. The lowest BCUT2D eigenvalue weighted by Gasteiger charge is -2.21. The molecule has 2 fully saturated rings. The van der Waals surface area contributed by atoms with E-state index in [0.29, 0.717) is 12.1 Å². The summed E-state index contributed by atoms with van der Waals surface area (Å²) in [6.45, 7) is 1.95. The Bertz CT molecular complexity index is 348. The number of hydrogen-bond acceptors (Lipinski definition) is 4. The highest BCUT2D eigenvalue weighted by atomic mass is 15.1. The van der Waals surface area contributed by atoms with Gasteiger partial charge in [-0.1, -0.05) is 0 Å². The molecule has 3 atom stereocenters. The third kappa shape index (κ3) is 1.69. The first-order valence-corrected chi connectivity index (χ1v) is 5.62. The number of rotatable bonds is 2. The van der Waals surface area contributed by atoms with Gasteiger partial charge < -0.3 is 10.6 Å². The van der Waals surface area contributed by atoms with E-state index in [1.807, 2.05) is 19.3 Å². The molecule has 15 heavy (non-hydrogen) atoms. The predicted molar refractivity (Wildman–Crippen MR) is 58.7 cm³/mol. The predicted octanol–water partition coefficient (Wildman–Crippen LogP) is 1.09. The van der Waals surface area contributed by atoms with Crippen molar-refractivity contribution in [1.82, 2.24) is 15.3 Å². The number of aromatic nitrogens is 2. The quantitative estimate of drug-likeness (QED) is 0.757. The number of hydrogen-bond donors (Lipinski definition) is 2. The van der Waals surface area contributed by atoms with E-state index < -0.39 is 0 Å². The van der Waals surface area contributed by atoms with Crippen LogP contribution < -0.4 is 10.6 Å². The molecule has 80 valence electrons. The Labute approximate surface area is 89.5 Å². The summed E-state index contributed by atoms with van der Waals surface area (Å²) in [5.74, 6) is 0.903. The molecule has 2 aliphatic rings. The zero-order valence-electron chi connectivity index (χ0n) is 8.90. The SMILES string of the molecule is Cc1cnc(N[C@@H]2C[C@H]3CC[C@@H]2N3)cn1. The van der Waals surface area contributed by atoms with Crippen LogP contribution in [0.25, 0.3) is 0 Å². The molecule has 1 aromatic heterocycles. The number of anilines is 1. The standard InChI is InChI=1S/C11H16N4/c1-7-5-13-11(6-12-7)15-10-4-8-2-3-9(10)14-8/h5-6,8-10,14H,2-4H2,1H3,(H,13,15)/t8-,9+,10-/m1/s1. The van der Waals surface area contributed by atoms with Gasteiger partial charge in [0.25, 0.3) is 0 Å². The van der Waals surface area contributed by atoms with Gasteiger partial charge in [-0.15, -0.1) is 0 Å². The molecule has 3 rings (SSSR count). The van der Waals surface area contributed by atoms with Crippen molar-refractivity contribution in [2.45, 2.75) is 44.3 Å². The third-order valence-electron chi connectivity index (χ3n) is 3.41. The minimum absolute atomic E-state index is 0.542. The average Bonchev–Trinajstić information content (AvgIpc) is 2.83. The second-order valence-electron chi connectivity index (χ2n) is 4.58. The van der Waals surface area contributed by atoms with Crippen molar-refractivity contribution in [3.8, 4) is 0 Å². The fourth-order valence-corrected chi connectivity index (χ4v) is 2.64. The summed E-state index contributed by atoms with van der Waals surface area (Å²) in [4.78, 5) is 8.56. The Kier molecular flexibility index (Phi) is 2.09. The highest BCUT2D eigenvalue weighted by Crippen LogP contribution is 2.29. The average molecular weight is 204 g/mol. The van der Waals surface area contributed by atoms with Gasteiger partial charge in [-0.3, -0.25) is 4.98 Å². The topological polar surface area (TPSA) is 49.8 Å². The van der Waals surface area contributed by atoms with E-state index in [0.717, 1.165) is 17.6 Å². The Morgan fingerprint density at radius 2 is 2.27 bits per heavy atom. The maximum atomic E-state index is 4.32. The van der Waals surface area contributed by atoms with Crippen LogP contribution in [0.5, 0.6) is 0 Å². The number of nitrogens with zero attached hydrogens (tertiary/aromatic N) is 2. The summed E-state index contributed by atoms with van der Waals surface area (Å²) in [6.07, 6.45) is 7.48. The molecule has 0 radical (unpaired) electrons. The van der Waals surface area contributed by atoms with Crippen LogP contribution in [0.2, 0.25) is 0 Å². The van der Waals surface area contributed by atoms with Gasteiger partial charge in [-0.2, -0.15) is 0 Å². The van der Waals surface area contributed by atoms with E-state index in [1.54, 1.807) is 0 Å². The minimum Gasteiger partial charge on any atom is -0.364 e. The maximum Gasteiger partial charge on any atom is 0.144 e. The van der Waals surface area contributed by atoms with Gasteiger partial charge in [0.1, 0.15) is 5.82 Å². The molecule has 0 unspecified atom stereocenters. The first-order valence-electron chi connectivity index (χ1n) is 5.62. The lowest BCUT2D eigenvalue weighted by Crippen LogP contribution is -2.33. The van der Waals surface area contributed by atoms with Crippen molar-refractivity contribution in [2.24, 2.45) is 0 Å². The third-order valence-corrected chi connectivity index (χ3v) is 3.41. The van der Waals surface area contributed by atoms with Crippen LogP contribution >= 0.6 is 0 Å². The minimum atomic E-state index is 0.542. The van der Waals surface area contributed by atoms with E-state index >= 15 is 0 Å². The molecule has 1 aromatic rings. The zero-order chi connectivity index (χ0) is 10.3. The fourth-order valence-electron chi connectivity index (χ4n) is 2.64. The number of fused-ring (bicyclic) bond motifs is 2. The Hall–Kier alpha value is -1.16. The molecule has 4 heteroatoms. The van der Waals surface area contributed by atoms with Gasteiger partial charge in [0, 0.05) is 18.1 Å². The van der Waals surface area contributed by atoms with Crippen LogP contribution in [0.4, 0.5) is 5.82 Å². The van der Waals surface area contributed by atoms with Crippen molar-refractivity contribution in [1.29, 1.82) is 0 Å². The van der Waals surface area contributed by atoms with Crippen molar-refractivity contribution in [3.63, 3.8) is 0 Å². The van der Waals surface area contributed by atoms with Gasteiger partial charge in [-0.05, 0) is 26.2 Å². The molecule has 0 amide bonds. The van der Waals surface area contributed by atoms with Gasteiger partial charge >= 0.3 is 0 Å². The Morgan fingerprint density at radius 1 is 1.33 bits per heavy atom. The summed E-state index contributed by atoms with van der Waals surface area (Å²) in [5, 5.41) is 7.06. The van der Waals surface area contributed by atoms with E-state index in [1.165, 1.54) is 19.3 Å². The molecular weight excluding hydrogens is 188 g/mol. The van der Waals surface area contributed by atoms with Crippen LogP contribution in [0.15, 0.2) is 12.4 Å². The summed E-state index contributed by atoms with van der Waals surface area (Å²) in [6, 6.07) is 1.91. The summed E-state index contributed by atoms with van der Waals surface area (Å²) < 4.78 is 0. The van der Waals surface area contributed by atoms with E-state index in [4.69, 9.17) is 0 Å². The van der Waals surface area contributed by atoms with Crippen LogP contribution in [0.1, 0.15) is 25.0 Å². The fraction of sp³-hybridized carbons (Fsp3) is 0.636. The monoisotopic (exact) mass is 204 g/mol. The second-order valence-corrected chi connectivity index (χ2v) is 4.58. The molecule has 0 aromatic carbocycles. The molecule has 2 saturated heterocycles. The summed E-state index contributed by atoms with van der Waals surface area (Å²) in [7, 11) is 0. The first-order chi connectivity index (χ1) is 7.31. The molecular formula is C11H16N4. The van der Waals surface area contributed by atoms with Crippen molar-refractivity contribution >= 4 is 5.82 Å². The van der Waals surface area contributed by atoms with Crippen LogP contribution in [-0.4, -0.2) is 28.1 Å². The molecule has 0 saturated carbocycles. The molecule has 4 nitrogen and oxygen atoms in total.